The van der Waals surface area contributed by atoms with Crippen LogP contribution in [0.5, 0.6) is 0 Å². The van der Waals surface area contributed by atoms with Gasteiger partial charge in [-0.15, -0.1) is 12.4 Å². The Morgan fingerprint density at radius 2 is 2.14 bits per heavy atom. The third kappa shape index (κ3) is 3.38. The molecule has 1 saturated carbocycles. The molecule has 1 aliphatic rings. The standard InChI is InChI=1S/C14H18N4O2S.ClH/c1-18(14(20)9-5-10(15)13(19)6-9)7-8-2-3-11-12(4-8)17-21-16-11;/h2-4,9-10,13,19H,5-7,15H2,1H3;1H/t9-,10+,13+;/m0./s1. The molecule has 1 heterocycles. The number of benzene rings is 1. The van der Waals surface area contributed by atoms with Crippen molar-refractivity contribution in [1.82, 2.24) is 13.6 Å². The van der Waals surface area contributed by atoms with Gasteiger partial charge in [-0.05, 0) is 30.5 Å². The smallest absolute Gasteiger partial charge is 0.225 e. The predicted octanol–water partition coefficient (Wildman–Crippen LogP) is 1.17. The highest BCUT2D eigenvalue weighted by molar-refractivity contribution is 7.00. The molecule has 1 fully saturated rings. The normalized spacial score (nSPS) is 24.2. The topological polar surface area (TPSA) is 92.3 Å². The van der Waals surface area contributed by atoms with Crippen LogP contribution in [0.4, 0.5) is 0 Å². The lowest BCUT2D eigenvalue weighted by atomic mass is 10.1. The molecule has 8 heteroatoms. The van der Waals surface area contributed by atoms with Crippen molar-refractivity contribution in [3.05, 3.63) is 23.8 Å². The maximum Gasteiger partial charge on any atom is 0.225 e. The van der Waals surface area contributed by atoms with Crippen molar-refractivity contribution in [2.24, 2.45) is 11.7 Å². The number of rotatable bonds is 3. The van der Waals surface area contributed by atoms with Gasteiger partial charge in [0.2, 0.25) is 5.91 Å². The number of hydrogen-bond acceptors (Lipinski definition) is 6. The fourth-order valence-electron chi connectivity index (χ4n) is 2.84. The van der Waals surface area contributed by atoms with Crippen LogP contribution in [0.2, 0.25) is 0 Å². The SMILES string of the molecule is CN(Cc1ccc2nsnc2c1)C(=O)[C@H]1C[C@@H](N)[C@H](O)C1.Cl. The van der Waals surface area contributed by atoms with E-state index in [1.54, 1.807) is 11.9 Å². The number of nitrogens with zero attached hydrogens (tertiary/aromatic N) is 3. The number of hydrogen-bond donors (Lipinski definition) is 2. The van der Waals surface area contributed by atoms with Crippen LogP contribution in [0.15, 0.2) is 18.2 Å². The molecular formula is C14H19ClN4O2S. The van der Waals surface area contributed by atoms with Crippen LogP contribution in [0.25, 0.3) is 11.0 Å². The predicted molar refractivity (Wildman–Crippen MR) is 87.8 cm³/mol. The number of nitrogens with two attached hydrogens (primary N) is 1. The zero-order chi connectivity index (χ0) is 15.0. The number of aliphatic hydroxyl groups excluding tert-OH is 1. The van der Waals surface area contributed by atoms with Crippen molar-refractivity contribution in [1.29, 1.82) is 0 Å². The van der Waals surface area contributed by atoms with Crippen LogP contribution in [0.1, 0.15) is 18.4 Å². The van der Waals surface area contributed by atoms with Crippen molar-refractivity contribution in [2.45, 2.75) is 31.5 Å². The number of aliphatic hydroxyl groups is 1. The highest BCUT2D eigenvalue weighted by atomic mass is 35.5. The van der Waals surface area contributed by atoms with E-state index in [4.69, 9.17) is 5.73 Å². The second-order valence-corrected chi connectivity index (χ2v) is 6.21. The van der Waals surface area contributed by atoms with Gasteiger partial charge in [-0.1, -0.05) is 6.07 Å². The summed E-state index contributed by atoms with van der Waals surface area (Å²) in [6.45, 7) is 0.522. The van der Waals surface area contributed by atoms with Gasteiger partial charge in [0.25, 0.3) is 0 Å². The largest absolute Gasteiger partial charge is 0.391 e. The van der Waals surface area contributed by atoms with E-state index >= 15 is 0 Å². The van der Waals surface area contributed by atoms with Crippen LogP contribution < -0.4 is 5.73 Å². The molecule has 1 aromatic heterocycles. The Hall–Kier alpha value is -1.28. The summed E-state index contributed by atoms with van der Waals surface area (Å²) in [5.41, 5.74) is 8.53. The zero-order valence-electron chi connectivity index (χ0n) is 12.2. The zero-order valence-corrected chi connectivity index (χ0v) is 13.8. The second kappa shape index (κ2) is 6.87. The first-order valence-corrected chi connectivity index (χ1v) is 7.67. The highest BCUT2D eigenvalue weighted by Crippen LogP contribution is 2.27. The van der Waals surface area contributed by atoms with E-state index in [0.717, 1.165) is 16.6 Å². The van der Waals surface area contributed by atoms with Crippen molar-refractivity contribution < 1.29 is 9.90 Å². The highest BCUT2D eigenvalue weighted by Gasteiger charge is 2.35. The van der Waals surface area contributed by atoms with Crippen LogP contribution >= 0.6 is 24.1 Å². The molecule has 3 rings (SSSR count). The summed E-state index contributed by atoms with van der Waals surface area (Å²) >= 11 is 1.19. The Kier molecular flexibility index (Phi) is 5.33. The van der Waals surface area contributed by atoms with Crippen LogP contribution in [0, 0.1) is 5.92 Å². The van der Waals surface area contributed by atoms with Gasteiger partial charge in [0.1, 0.15) is 11.0 Å². The summed E-state index contributed by atoms with van der Waals surface area (Å²) in [5.74, 6) is -0.136. The molecule has 6 nitrogen and oxygen atoms in total. The quantitative estimate of drug-likeness (QED) is 0.873. The number of aromatic nitrogens is 2. The maximum absolute atomic E-state index is 12.4. The van der Waals surface area contributed by atoms with Gasteiger partial charge in [0.15, 0.2) is 0 Å². The molecule has 22 heavy (non-hydrogen) atoms. The van der Waals surface area contributed by atoms with E-state index in [9.17, 15) is 9.90 Å². The van der Waals surface area contributed by atoms with Gasteiger partial charge in [-0.25, -0.2) is 0 Å². The van der Waals surface area contributed by atoms with Crippen LogP contribution in [-0.4, -0.2) is 43.9 Å². The molecule has 2 aromatic rings. The van der Waals surface area contributed by atoms with Gasteiger partial charge in [0, 0.05) is 25.6 Å². The van der Waals surface area contributed by atoms with E-state index < -0.39 is 6.10 Å². The molecule has 120 valence electrons. The molecule has 1 amide bonds. The fraction of sp³-hybridized carbons (Fsp3) is 0.500. The molecule has 1 aromatic carbocycles. The van der Waals surface area contributed by atoms with Crippen molar-refractivity contribution in [2.75, 3.05) is 7.05 Å². The number of halogens is 1. The van der Waals surface area contributed by atoms with Crippen molar-refractivity contribution in [3.63, 3.8) is 0 Å². The number of carbonyl (C=O) groups is 1. The molecule has 3 atom stereocenters. The summed E-state index contributed by atoms with van der Waals surface area (Å²) < 4.78 is 8.37. The number of fused-ring (bicyclic) bond motifs is 1. The van der Waals surface area contributed by atoms with Crippen molar-refractivity contribution >= 4 is 41.1 Å². The fourth-order valence-corrected chi connectivity index (χ4v) is 3.36. The van der Waals surface area contributed by atoms with Gasteiger partial charge in [-0.2, -0.15) is 8.75 Å². The first kappa shape index (κ1) is 17.1. The van der Waals surface area contributed by atoms with Gasteiger partial charge >= 0.3 is 0 Å². The minimum atomic E-state index is -0.565. The van der Waals surface area contributed by atoms with Crippen LogP contribution in [0.3, 0.4) is 0 Å². The molecule has 0 radical (unpaired) electrons. The summed E-state index contributed by atoms with van der Waals surface area (Å²) in [6, 6.07) is 5.55. The van der Waals surface area contributed by atoms with E-state index in [0.29, 0.717) is 19.4 Å². The summed E-state index contributed by atoms with van der Waals surface area (Å²) in [4.78, 5) is 14.1. The van der Waals surface area contributed by atoms with Crippen molar-refractivity contribution in [3.8, 4) is 0 Å². The lowest BCUT2D eigenvalue weighted by Crippen LogP contribution is -2.32. The molecule has 0 saturated heterocycles. The first-order chi connectivity index (χ1) is 10.0. The molecule has 1 aliphatic carbocycles. The number of carbonyl (C=O) groups excluding carboxylic acids is 1. The minimum absolute atomic E-state index is 0. The molecule has 0 spiro atoms. The molecule has 0 unspecified atom stereocenters. The molecule has 0 aliphatic heterocycles. The second-order valence-electron chi connectivity index (χ2n) is 5.68. The maximum atomic E-state index is 12.4. The summed E-state index contributed by atoms with van der Waals surface area (Å²) in [7, 11) is 1.78. The number of amides is 1. The molecule has 0 bridgehead atoms. The summed E-state index contributed by atoms with van der Waals surface area (Å²) in [6.07, 6.45) is 0.448. The minimum Gasteiger partial charge on any atom is -0.391 e. The average molecular weight is 343 g/mol. The van der Waals surface area contributed by atoms with Gasteiger partial charge < -0.3 is 15.7 Å². The van der Waals surface area contributed by atoms with Gasteiger partial charge in [-0.3, -0.25) is 4.79 Å². The van der Waals surface area contributed by atoms with Crippen LogP contribution in [-0.2, 0) is 11.3 Å². The third-order valence-electron chi connectivity index (χ3n) is 4.04. The Labute approximate surface area is 139 Å². The van der Waals surface area contributed by atoms with E-state index in [-0.39, 0.29) is 30.3 Å². The Balaban J connectivity index is 0.00000176. The lowest BCUT2D eigenvalue weighted by Gasteiger charge is -2.21. The van der Waals surface area contributed by atoms with Gasteiger partial charge in [0.05, 0.1) is 17.8 Å². The van der Waals surface area contributed by atoms with E-state index in [1.807, 2.05) is 18.2 Å². The third-order valence-corrected chi connectivity index (χ3v) is 4.60. The Bertz CT molecular complexity index is 655. The molecular weight excluding hydrogens is 324 g/mol. The Morgan fingerprint density at radius 1 is 1.41 bits per heavy atom. The first-order valence-electron chi connectivity index (χ1n) is 6.94. The monoisotopic (exact) mass is 342 g/mol. The summed E-state index contributed by atoms with van der Waals surface area (Å²) in [5, 5.41) is 9.67. The van der Waals surface area contributed by atoms with E-state index in [1.165, 1.54) is 11.7 Å². The molecule has 3 N–H and O–H groups in total. The Morgan fingerprint density at radius 3 is 2.82 bits per heavy atom. The van der Waals surface area contributed by atoms with E-state index in [2.05, 4.69) is 8.75 Å². The lowest BCUT2D eigenvalue weighted by molar-refractivity contribution is -0.134. The average Bonchev–Trinajstić information content (AvgIpc) is 3.04.